The van der Waals surface area contributed by atoms with Crippen LogP contribution in [0.3, 0.4) is 0 Å². The Hall–Kier alpha value is -3.93. The number of hydrogen-bond donors (Lipinski definition) is 2. The zero-order chi connectivity index (χ0) is 19.6. The Morgan fingerprint density at radius 2 is 1.57 bits per heavy atom. The number of nitrogens with one attached hydrogen (secondary N) is 2. The topological polar surface area (TPSA) is 79.8 Å². The first-order chi connectivity index (χ1) is 13.7. The molecule has 2 amide bonds. The molecule has 0 heterocycles. The van der Waals surface area contributed by atoms with Gasteiger partial charge >= 0.3 is 11.8 Å². The minimum absolute atomic E-state index is 0.456. The third-order valence-corrected chi connectivity index (χ3v) is 3.72. The molecule has 0 fully saturated rings. The average Bonchev–Trinajstić information content (AvgIpc) is 2.74. The normalized spacial score (nSPS) is 10.4. The number of ether oxygens (including phenoxy) is 1. The lowest BCUT2D eigenvalue weighted by atomic mass is 10.2. The molecule has 0 bridgehead atoms. The first-order valence-corrected chi connectivity index (χ1v) is 8.67. The third-order valence-electron chi connectivity index (χ3n) is 3.72. The number of hydrogen-bond acceptors (Lipinski definition) is 4. The molecule has 3 rings (SSSR count). The van der Waals surface area contributed by atoms with Crippen molar-refractivity contribution in [3.8, 4) is 5.75 Å². The fourth-order valence-corrected chi connectivity index (χ4v) is 2.35. The van der Waals surface area contributed by atoms with Crippen molar-refractivity contribution in [2.75, 3.05) is 5.32 Å². The van der Waals surface area contributed by atoms with Gasteiger partial charge in [-0.2, -0.15) is 5.10 Å². The Labute approximate surface area is 162 Å². The van der Waals surface area contributed by atoms with Gasteiger partial charge in [-0.05, 0) is 35.4 Å². The number of amides is 2. The number of anilines is 1. The van der Waals surface area contributed by atoms with Crippen LogP contribution in [0.25, 0.3) is 0 Å². The number of carbonyl (C=O) groups is 2. The Kier molecular flexibility index (Phi) is 6.52. The maximum absolute atomic E-state index is 11.8. The Morgan fingerprint density at radius 3 is 2.32 bits per heavy atom. The zero-order valence-electron chi connectivity index (χ0n) is 15.0. The summed E-state index contributed by atoms with van der Waals surface area (Å²) in [5.74, 6) is -0.958. The van der Waals surface area contributed by atoms with E-state index >= 15 is 0 Å². The average molecular weight is 373 g/mol. The maximum Gasteiger partial charge on any atom is 0.329 e. The van der Waals surface area contributed by atoms with Crippen molar-refractivity contribution in [1.82, 2.24) is 5.43 Å². The van der Waals surface area contributed by atoms with Crippen molar-refractivity contribution >= 4 is 23.7 Å². The van der Waals surface area contributed by atoms with E-state index in [0.29, 0.717) is 18.0 Å². The molecule has 0 aliphatic carbocycles. The zero-order valence-corrected chi connectivity index (χ0v) is 15.0. The number of benzene rings is 3. The molecule has 0 aromatic heterocycles. The summed E-state index contributed by atoms with van der Waals surface area (Å²) in [6.45, 7) is 0.456. The van der Waals surface area contributed by atoms with Crippen molar-refractivity contribution in [3.05, 3.63) is 96.1 Å². The quantitative estimate of drug-likeness (QED) is 0.395. The van der Waals surface area contributed by atoms with Gasteiger partial charge in [0, 0.05) is 5.69 Å². The largest absolute Gasteiger partial charge is 0.489 e. The van der Waals surface area contributed by atoms with E-state index in [1.807, 2.05) is 54.6 Å². The van der Waals surface area contributed by atoms with Gasteiger partial charge in [0.25, 0.3) is 0 Å². The van der Waals surface area contributed by atoms with Crippen molar-refractivity contribution in [2.45, 2.75) is 6.61 Å². The molecule has 0 saturated heterocycles. The summed E-state index contributed by atoms with van der Waals surface area (Å²) in [6, 6.07) is 25.8. The summed E-state index contributed by atoms with van der Waals surface area (Å²) in [7, 11) is 0. The van der Waals surface area contributed by atoms with Gasteiger partial charge in [0.1, 0.15) is 12.4 Å². The molecule has 0 unspecified atom stereocenters. The predicted octanol–water partition coefficient (Wildman–Crippen LogP) is 3.35. The fourth-order valence-electron chi connectivity index (χ4n) is 2.35. The van der Waals surface area contributed by atoms with E-state index in [4.69, 9.17) is 4.74 Å². The van der Waals surface area contributed by atoms with E-state index in [2.05, 4.69) is 15.8 Å². The molecule has 28 heavy (non-hydrogen) atoms. The standard InChI is InChI=1S/C22H19N3O3/c26-21(24-19-11-5-2-6-12-19)22(27)25-23-15-18-10-7-13-20(14-18)28-16-17-8-3-1-4-9-17/h1-15H,16H2,(H,24,26)(H,25,27)/b23-15-. The molecule has 0 radical (unpaired) electrons. The molecule has 140 valence electrons. The summed E-state index contributed by atoms with van der Waals surface area (Å²) < 4.78 is 5.75. The highest BCUT2D eigenvalue weighted by molar-refractivity contribution is 6.39. The SMILES string of the molecule is O=C(N/N=C\c1cccc(OCc2ccccc2)c1)C(=O)Nc1ccccc1. The molecule has 3 aromatic rings. The highest BCUT2D eigenvalue weighted by atomic mass is 16.5. The number of nitrogens with zero attached hydrogens (tertiary/aromatic N) is 1. The minimum Gasteiger partial charge on any atom is -0.489 e. The summed E-state index contributed by atoms with van der Waals surface area (Å²) in [4.78, 5) is 23.6. The van der Waals surface area contributed by atoms with E-state index in [1.54, 1.807) is 30.3 Å². The van der Waals surface area contributed by atoms with Crippen LogP contribution in [0.2, 0.25) is 0 Å². The Morgan fingerprint density at radius 1 is 0.857 bits per heavy atom. The van der Waals surface area contributed by atoms with Crippen LogP contribution in [-0.4, -0.2) is 18.0 Å². The lowest BCUT2D eigenvalue weighted by molar-refractivity contribution is -0.136. The molecule has 0 aliphatic rings. The molecule has 0 spiro atoms. The van der Waals surface area contributed by atoms with Crippen molar-refractivity contribution in [1.29, 1.82) is 0 Å². The smallest absolute Gasteiger partial charge is 0.329 e. The monoisotopic (exact) mass is 373 g/mol. The fraction of sp³-hybridized carbons (Fsp3) is 0.0455. The van der Waals surface area contributed by atoms with Crippen LogP contribution in [0.5, 0.6) is 5.75 Å². The second kappa shape index (κ2) is 9.68. The molecule has 0 saturated carbocycles. The van der Waals surface area contributed by atoms with Crippen LogP contribution < -0.4 is 15.5 Å². The third kappa shape index (κ3) is 5.81. The van der Waals surface area contributed by atoms with Crippen LogP contribution in [0.4, 0.5) is 5.69 Å². The van der Waals surface area contributed by atoms with Crippen molar-refractivity contribution in [2.24, 2.45) is 5.10 Å². The van der Waals surface area contributed by atoms with E-state index in [-0.39, 0.29) is 0 Å². The van der Waals surface area contributed by atoms with Crippen molar-refractivity contribution < 1.29 is 14.3 Å². The first-order valence-electron chi connectivity index (χ1n) is 8.67. The van der Waals surface area contributed by atoms with Gasteiger partial charge in [-0.3, -0.25) is 9.59 Å². The lowest BCUT2D eigenvalue weighted by Crippen LogP contribution is -2.32. The molecule has 6 heteroatoms. The van der Waals surface area contributed by atoms with Crippen molar-refractivity contribution in [3.63, 3.8) is 0 Å². The Bertz CT molecular complexity index is 957. The highest BCUT2D eigenvalue weighted by Gasteiger charge is 2.12. The molecule has 0 aliphatic heterocycles. The van der Waals surface area contributed by atoms with Gasteiger partial charge in [-0.1, -0.05) is 60.7 Å². The van der Waals surface area contributed by atoms with E-state index in [0.717, 1.165) is 11.1 Å². The first kappa shape index (κ1) is 18.8. The summed E-state index contributed by atoms with van der Waals surface area (Å²) in [6.07, 6.45) is 1.45. The van der Waals surface area contributed by atoms with Gasteiger partial charge in [0.2, 0.25) is 0 Å². The van der Waals surface area contributed by atoms with Gasteiger partial charge < -0.3 is 10.1 Å². The number of para-hydroxylation sites is 1. The van der Waals surface area contributed by atoms with E-state index in [9.17, 15) is 9.59 Å². The van der Waals surface area contributed by atoms with E-state index in [1.165, 1.54) is 6.21 Å². The Balaban J connectivity index is 1.51. The van der Waals surface area contributed by atoms with Gasteiger partial charge in [-0.15, -0.1) is 0 Å². The predicted molar refractivity (Wildman–Crippen MR) is 108 cm³/mol. The summed E-state index contributed by atoms with van der Waals surface area (Å²) in [5.41, 5.74) is 4.54. The summed E-state index contributed by atoms with van der Waals surface area (Å²) >= 11 is 0. The molecule has 6 nitrogen and oxygen atoms in total. The second-order valence-corrected chi connectivity index (χ2v) is 5.87. The highest BCUT2D eigenvalue weighted by Crippen LogP contribution is 2.14. The molecule has 0 atom stereocenters. The maximum atomic E-state index is 11.8. The van der Waals surface area contributed by atoms with Crippen LogP contribution >= 0.6 is 0 Å². The van der Waals surface area contributed by atoms with Gasteiger partial charge in [0.05, 0.1) is 6.21 Å². The van der Waals surface area contributed by atoms with E-state index < -0.39 is 11.8 Å². The molecular weight excluding hydrogens is 354 g/mol. The molecular formula is C22H19N3O3. The van der Waals surface area contributed by atoms with Gasteiger partial charge in [-0.25, -0.2) is 5.43 Å². The number of rotatable bonds is 6. The van der Waals surface area contributed by atoms with Crippen LogP contribution in [0.15, 0.2) is 90.0 Å². The van der Waals surface area contributed by atoms with Gasteiger partial charge in [0.15, 0.2) is 0 Å². The van der Waals surface area contributed by atoms with Crippen LogP contribution in [0.1, 0.15) is 11.1 Å². The summed E-state index contributed by atoms with van der Waals surface area (Å²) in [5, 5.41) is 6.31. The lowest BCUT2D eigenvalue weighted by Gasteiger charge is -2.06. The number of hydrazone groups is 1. The molecule has 2 N–H and O–H groups in total. The second-order valence-electron chi connectivity index (χ2n) is 5.87. The minimum atomic E-state index is -0.850. The number of carbonyl (C=O) groups excluding carboxylic acids is 2. The van der Waals surface area contributed by atoms with Crippen LogP contribution in [0, 0.1) is 0 Å². The molecule has 3 aromatic carbocycles. The van der Waals surface area contributed by atoms with Crippen LogP contribution in [-0.2, 0) is 16.2 Å².